The summed E-state index contributed by atoms with van der Waals surface area (Å²) in [6.07, 6.45) is 5.56. The first-order valence-corrected chi connectivity index (χ1v) is 13.5. The number of ether oxygens (including phenoxy) is 1. The minimum absolute atomic E-state index is 0.00475. The van der Waals surface area contributed by atoms with Gasteiger partial charge in [-0.15, -0.1) is 5.10 Å². The van der Waals surface area contributed by atoms with Crippen molar-refractivity contribution in [3.63, 3.8) is 0 Å². The van der Waals surface area contributed by atoms with Gasteiger partial charge in [-0.3, -0.25) is 14.4 Å². The van der Waals surface area contributed by atoms with Crippen LogP contribution in [0.25, 0.3) is 22.2 Å². The van der Waals surface area contributed by atoms with Crippen molar-refractivity contribution in [3.05, 3.63) is 42.4 Å². The van der Waals surface area contributed by atoms with Gasteiger partial charge in [0.05, 0.1) is 35.7 Å². The number of nitrogens with zero attached hydrogens (tertiary/aromatic N) is 6. The quantitative estimate of drug-likeness (QED) is 0.299. The summed E-state index contributed by atoms with van der Waals surface area (Å²) in [7, 11) is 1.84. The largest absolute Gasteiger partial charge is 0.475 e. The molecule has 1 fully saturated rings. The predicted octanol–water partition coefficient (Wildman–Crippen LogP) is 3.77. The highest BCUT2D eigenvalue weighted by Gasteiger charge is 2.26. The van der Waals surface area contributed by atoms with E-state index in [9.17, 15) is 4.79 Å². The molecule has 1 saturated heterocycles. The Hall–Kier alpha value is -3.96. The van der Waals surface area contributed by atoms with Gasteiger partial charge in [0.1, 0.15) is 5.69 Å². The molecule has 4 heterocycles. The molecular weight excluding hydrogens is 494 g/mol. The molecule has 0 radical (unpaired) electrons. The van der Waals surface area contributed by atoms with Crippen molar-refractivity contribution in [3.8, 4) is 17.1 Å². The molecule has 5 rings (SSSR count). The van der Waals surface area contributed by atoms with Crippen LogP contribution < -0.4 is 15.4 Å². The molecule has 0 spiro atoms. The summed E-state index contributed by atoms with van der Waals surface area (Å²) in [6.45, 7) is 13.4. The van der Waals surface area contributed by atoms with E-state index >= 15 is 0 Å². The Balaban J connectivity index is 1.38. The Morgan fingerprint density at radius 3 is 2.72 bits per heavy atom. The molecule has 0 aliphatic carbocycles. The van der Waals surface area contributed by atoms with E-state index in [4.69, 9.17) is 9.72 Å². The average molecular weight is 532 g/mol. The Kier molecular flexibility index (Phi) is 7.80. The fourth-order valence-electron chi connectivity index (χ4n) is 5.02. The number of hydrogen-bond donors (Lipinski definition) is 3. The Morgan fingerprint density at radius 1 is 1.18 bits per heavy atom. The lowest BCUT2D eigenvalue weighted by Gasteiger charge is -2.36. The number of likely N-dealkylation sites (N-methyl/N-ethyl adjacent to an activating group) is 1. The van der Waals surface area contributed by atoms with E-state index in [0.29, 0.717) is 24.1 Å². The van der Waals surface area contributed by atoms with E-state index in [2.05, 4.69) is 42.4 Å². The van der Waals surface area contributed by atoms with Gasteiger partial charge in [0.2, 0.25) is 11.9 Å². The minimum Gasteiger partial charge on any atom is -0.475 e. The molecule has 1 aliphatic heterocycles. The van der Waals surface area contributed by atoms with E-state index < -0.39 is 0 Å². The van der Waals surface area contributed by atoms with E-state index in [1.807, 2.05) is 58.4 Å². The lowest BCUT2D eigenvalue weighted by atomic mass is 10.1. The summed E-state index contributed by atoms with van der Waals surface area (Å²) in [5.74, 6) is 0.940. The zero-order valence-electron chi connectivity index (χ0n) is 23.3. The number of fused-ring (bicyclic) bond motifs is 1. The highest BCUT2D eigenvalue weighted by atomic mass is 16.5. The maximum atomic E-state index is 13.2. The van der Waals surface area contributed by atoms with Crippen molar-refractivity contribution in [2.24, 2.45) is 7.05 Å². The number of nitrogens with one attached hydrogen (secondary N) is 3. The molecule has 1 aliphatic rings. The molecular formula is C28H37N9O2. The van der Waals surface area contributed by atoms with Crippen LogP contribution in [0.4, 0.5) is 17.3 Å². The number of carbonyl (C=O) groups is 1. The molecule has 11 nitrogen and oxygen atoms in total. The van der Waals surface area contributed by atoms with Gasteiger partial charge < -0.3 is 25.3 Å². The van der Waals surface area contributed by atoms with Crippen molar-refractivity contribution in [1.29, 1.82) is 0 Å². The summed E-state index contributed by atoms with van der Waals surface area (Å²) in [6, 6.07) is 5.72. The Morgan fingerprint density at radius 2 is 1.97 bits per heavy atom. The number of anilines is 3. The smallest absolute Gasteiger partial charge is 0.256 e. The van der Waals surface area contributed by atoms with Gasteiger partial charge in [-0.2, -0.15) is 0 Å². The Bertz CT molecular complexity index is 1450. The summed E-state index contributed by atoms with van der Waals surface area (Å²) in [4.78, 5) is 30.5. The maximum Gasteiger partial charge on any atom is 0.256 e. The topological polar surface area (TPSA) is 116 Å². The lowest BCUT2D eigenvalue weighted by Crippen LogP contribution is -2.52. The van der Waals surface area contributed by atoms with Crippen LogP contribution in [0.15, 0.2) is 36.8 Å². The number of benzene rings is 1. The third kappa shape index (κ3) is 5.59. The number of piperazine rings is 1. The van der Waals surface area contributed by atoms with Gasteiger partial charge in [-0.1, -0.05) is 19.1 Å². The third-order valence-corrected chi connectivity index (χ3v) is 7.30. The van der Waals surface area contributed by atoms with E-state index in [1.54, 1.807) is 10.9 Å². The standard InChI is InChI=1S/C28H37N9O2/c1-6-36-11-13-37(14-12-36)19(4)26(38)31-22-10-8-9-20-21(16-29-25(20)22)24-18(3)15-30-28(33-24)32-23-17-35(5)34-27(23)39-7-2/h8-10,15-17,19,29H,6-7,11-14H2,1-5H3,(H,31,38)(H,30,32,33). The van der Waals surface area contributed by atoms with Crippen molar-refractivity contribution in [2.45, 2.75) is 33.7 Å². The first-order chi connectivity index (χ1) is 18.9. The van der Waals surface area contributed by atoms with Gasteiger partial charge >= 0.3 is 0 Å². The monoisotopic (exact) mass is 531 g/mol. The lowest BCUT2D eigenvalue weighted by molar-refractivity contribution is -0.121. The number of H-pyrrole nitrogens is 1. The molecule has 4 aromatic rings. The number of para-hydroxylation sites is 1. The summed E-state index contributed by atoms with van der Waals surface area (Å²) >= 11 is 0. The number of rotatable bonds is 9. The van der Waals surface area contributed by atoms with Crippen LogP contribution in [-0.4, -0.2) is 85.8 Å². The molecule has 0 saturated carbocycles. The molecule has 1 unspecified atom stereocenters. The minimum atomic E-state index is -0.208. The second kappa shape index (κ2) is 11.4. The highest BCUT2D eigenvalue weighted by Crippen LogP contribution is 2.34. The van der Waals surface area contributed by atoms with E-state index in [0.717, 1.165) is 66.1 Å². The van der Waals surface area contributed by atoms with Gasteiger partial charge in [0.15, 0.2) is 0 Å². The van der Waals surface area contributed by atoms with Gasteiger partial charge in [-0.25, -0.2) is 9.97 Å². The molecule has 206 valence electrons. The molecule has 3 aromatic heterocycles. The molecule has 1 atom stereocenters. The predicted molar refractivity (Wildman–Crippen MR) is 154 cm³/mol. The summed E-state index contributed by atoms with van der Waals surface area (Å²) in [5, 5.41) is 11.7. The van der Waals surface area contributed by atoms with Crippen LogP contribution in [0.3, 0.4) is 0 Å². The maximum absolute atomic E-state index is 13.2. The number of aromatic nitrogens is 5. The number of carbonyl (C=O) groups excluding carboxylic acids is 1. The summed E-state index contributed by atoms with van der Waals surface area (Å²) < 4.78 is 7.31. The van der Waals surface area contributed by atoms with Crippen molar-refractivity contribution < 1.29 is 9.53 Å². The number of aryl methyl sites for hydroxylation is 2. The molecule has 3 N–H and O–H groups in total. The zero-order chi connectivity index (χ0) is 27.5. The Labute approximate surface area is 228 Å². The SMILES string of the molecule is CCOc1nn(C)cc1Nc1ncc(C)c(-c2c[nH]c3c(NC(=O)C(C)N4CCN(CC)CC4)cccc23)n1. The number of amides is 1. The van der Waals surface area contributed by atoms with E-state index in [-0.39, 0.29) is 11.9 Å². The van der Waals surface area contributed by atoms with Crippen molar-refractivity contribution in [1.82, 2.24) is 34.5 Å². The zero-order valence-corrected chi connectivity index (χ0v) is 23.3. The van der Waals surface area contributed by atoms with Crippen LogP contribution >= 0.6 is 0 Å². The first kappa shape index (κ1) is 26.6. The fourth-order valence-corrected chi connectivity index (χ4v) is 5.02. The third-order valence-electron chi connectivity index (χ3n) is 7.30. The summed E-state index contributed by atoms with van der Waals surface area (Å²) in [5.41, 5.74) is 4.98. The second-order valence-corrected chi connectivity index (χ2v) is 9.87. The average Bonchev–Trinajstić information content (AvgIpc) is 3.53. The molecule has 0 bridgehead atoms. The van der Waals surface area contributed by atoms with Gasteiger partial charge in [0.25, 0.3) is 5.88 Å². The van der Waals surface area contributed by atoms with Gasteiger partial charge in [0, 0.05) is 56.6 Å². The molecule has 1 aromatic carbocycles. The van der Waals surface area contributed by atoms with Crippen LogP contribution in [0.1, 0.15) is 26.3 Å². The number of hydrogen-bond acceptors (Lipinski definition) is 8. The van der Waals surface area contributed by atoms with Gasteiger partial charge in [-0.05, 0) is 38.9 Å². The number of aromatic amines is 1. The second-order valence-electron chi connectivity index (χ2n) is 9.87. The molecule has 1 amide bonds. The normalized spacial score (nSPS) is 15.4. The molecule has 39 heavy (non-hydrogen) atoms. The van der Waals surface area contributed by atoms with Crippen LogP contribution in [0.5, 0.6) is 5.88 Å². The molecule has 11 heteroatoms. The van der Waals surface area contributed by atoms with E-state index in [1.165, 1.54) is 0 Å². The van der Waals surface area contributed by atoms with Crippen molar-refractivity contribution >= 4 is 34.1 Å². The van der Waals surface area contributed by atoms with Crippen LogP contribution in [0.2, 0.25) is 0 Å². The first-order valence-electron chi connectivity index (χ1n) is 13.5. The highest BCUT2D eigenvalue weighted by molar-refractivity contribution is 6.06. The van der Waals surface area contributed by atoms with Crippen LogP contribution in [0, 0.1) is 6.92 Å². The van der Waals surface area contributed by atoms with Crippen molar-refractivity contribution in [2.75, 3.05) is 50.0 Å². The fraction of sp³-hybridized carbons (Fsp3) is 0.429. The van der Waals surface area contributed by atoms with Crippen LogP contribution in [-0.2, 0) is 11.8 Å².